The number of piperidine rings is 1. The Morgan fingerprint density at radius 2 is 2.15 bits per heavy atom. The van der Waals surface area contributed by atoms with Gasteiger partial charge >= 0.3 is 12.0 Å². The number of carboxylic acids is 1. The summed E-state index contributed by atoms with van der Waals surface area (Å²) in [5, 5.41) is 8.88. The summed E-state index contributed by atoms with van der Waals surface area (Å²) in [6, 6.07) is 0.129. The largest absolute Gasteiger partial charge is 0.481 e. The predicted octanol–water partition coefficient (Wildman–Crippen LogP) is 1.40. The summed E-state index contributed by atoms with van der Waals surface area (Å²) in [5.74, 6) is -0.702. The fraction of sp³-hybridized carbons (Fsp3) is 0.857. The van der Waals surface area contributed by atoms with E-state index in [1.165, 1.54) is 0 Å². The van der Waals surface area contributed by atoms with Gasteiger partial charge in [-0.15, -0.1) is 0 Å². The van der Waals surface area contributed by atoms with Crippen LogP contribution in [0, 0.1) is 5.92 Å². The third kappa shape index (κ3) is 3.42. The van der Waals surface area contributed by atoms with E-state index in [1.54, 1.807) is 9.80 Å². The number of aliphatic carboxylic acids is 1. The summed E-state index contributed by atoms with van der Waals surface area (Å²) in [6.07, 6.45) is 2.87. The Bertz CT molecular complexity index is 374. The first-order valence-corrected chi connectivity index (χ1v) is 7.34. The van der Waals surface area contributed by atoms with Gasteiger partial charge < -0.3 is 19.6 Å². The van der Waals surface area contributed by atoms with Crippen molar-refractivity contribution in [2.24, 2.45) is 5.92 Å². The summed E-state index contributed by atoms with van der Waals surface area (Å²) < 4.78 is 5.51. The van der Waals surface area contributed by atoms with E-state index in [9.17, 15) is 9.59 Å². The zero-order chi connectivity index (χ0) is 14.7. The number of hydrogen-bond acceptors (Lipinski definition) is 3. The zero-order valence-corrected chi connectivity index (χ0v) is 12.2. The molecule has 2 heterocycles. The number of amides is 2. The lowest BCUT2D eigenvalue weighted by Crippen LogP contribution is -2.51. The standard InChI is InChI=1S/C14H24N2O4/c1-10-12(5-7-20-10)15(2)14(19)16-6-3-4-11(9-16)8-13(17)18/h10-12H,3-9H2,1-2H3,(H,17,18). The van der Waals surface area contributed by atoms with Gasteiger partial charge in [0.2, 0.25) is 0 Å². The van der Waals surface area contributed by atoms with Crippen molar-refractivity contribution in [2.75, 3.05) is 26.7 Å². The van der Waals surface area contributed by atoms with Crippen LogP contribution >= 0.6 is 0 Å². The Balaban J connectivity index is 1.92. The Labute approximate surface area is 119 Å². The highest BCUT2D eigenvalue weighted by molar-refractivity contribution is 5.75. The molecule has 114 valence electrons. The molecule has 2 fully saturated rings. The summed E-state index contributed by atoms with van der Waals surface area (Å²) in [6.45, 7) is 3.97. The molecule has 0 bridgehead atoms. The van der Waals surface area contributed by atoms with Crippen molar-refractivity contribution in [2.45, 2.75) is 44.8 Å². The maximum Gasteiger partial charge on any atom is 0.320 e. The topological polar surface area (TPSA) is 70.1 Å². The second-order valence-electron chi connectivity index (χ2n) is 5.88. The second-order valence-corrected chi connectivity index (χ2v) is 5.88. The van der Waals surface area contributed by atoms with Crippen molar-refractivity contribution in [3.8, 4) is 0 Å². The fourth-order valence-corrected chi connectivity index (χ4v) is 3.25. The fourth-order valence-electron chi connectivity index (χ4n) is 3.25. The highest BCUT2D eigenvalue weighted by atomic mass is 16.5. The molecule has 1 N–H and O–H groups in total. The first-order chi connectivity index (χ1) is 9.49. The number of carbonyl (C=O) groups excluding carboxylic acids is 1. The number of likely N-dealkylation sites (N-methyl/N-ethyl adjacent to an activating group) is 1. The van der Waals surface area contributed by atoms with Crippen LogP contribution in [0.25, 0.3) is 0 Å². The van der Waals surface area contributed by atoms with Gasteiger partial charge in [0.25, 0.3) is 0 Å². The molecule has 3 atom stereocenters. The molecule has 0 aromatic carbocycles. The monoisotopic (exact) mass is 284 g/mol. The minimum Gasteiger partial charge on any atom is -0.481 e. The number of ether oxygens (including phenoxy) is 1. The molecule has 3 unspecified atom stereocenters. The van der Waals surface area contributed by atoms with Gasteiger partial charge in [-0.25, -0.2) is 4.79 Å². The van der Waals surface area contributed by atoms with E-state index < -0.39 is 5.97 Å². The average molecular weight is 284 g/mol. The Morgan fingerprint density at radius 3 is 2.75 bits per heavy atom. The normalized spacial score (nSPS) is 30.3. The number of nitrogens with zero attached hydrogens (tertiary/aromatic N) is 2. The van der Waals surface area contributed by atoms with Gasteiger partial charge in [0.05, 0.1) is 12.1 Å². The highest BCUT2D eigenvalue weighted by Crippen LogP contribution is 2.23. The summed E-state index contributed by atoms with van der Waals surface area (Å²) >= 11 is 0. The van der Waals surface area contributed by atoms with Gasteiger partial charge in [-0.1, -0.05) is 0 Å². The number of carbonyl (C=O) groups is 2. The first-order valence-electron chi connectivity index (χ1n) is 7.34. The molecule has 2 amide bonds. The molecule has 0 spiro atoms. The number of hydrogen-bond donors (Lipinski definition) is 1. The van der Waals surface area contributed by atoms with Crippen molar-refractivity contribution in [1.82, 2.24) is 9.80 Å². The molecular weight excluding hydrogens is 260 g/mol. The molecule has 0 aromatic rings. The van der Waals surface area contributed by atoms with E-state index in [1.807, 2.05) is 14.0 Å². The molecule has 2 aliphatic heterocycles. The molecule has 6 nitrogen and oxygen atoms in total. The summed E-state index contributed by atoms with van der Waals surface area (Å²) in [4.78, 5) is 26.9. The van der Waals surface area contributed by atoms with Crippen LogP contribution in [0.15, 0.2) is 0 Å². The molecule has 0 aliphatic carbocycles. The van der Waals surface area contributed by atoms with Gasteiger partial charge in [0.15, 0.2) is 0 Å². The van der Waals surface area contributed by atoms with Gasteiger partial charge in [-0.3, -0.25) is 4.79 Å². The van der Waals surface area contributed by atoms with E-state index >= 15 is 0 Å². The minimum atomic E-state index is -0.782. The molecule has 6 heteroatoms. The maximum absolute atomic E-state index is 12.5. The van der Waals surface area contributed by atoms with E-state index in [4.69, 9.17) is 9.84 Å². The molecule has 2 aliphatic rings. The Kier molecular flexibility index (Phi) is 4.86. The molecule has 0 aromatic heterocycles. The predicted molar refractivity (Wildman–Crippen MR) is 73.5 cm³/mol. The number of rotatable bonds is 3. The van der Waals surface area contributed by atoms with E-state index in [0.717, 1.165) is 25.8 Å². The molecule has 2 saturated heterocycles. The average Bonchev–Trinajstić information content (AvgIpc) is 2.83. The third-order valence-electron chi connectivity index (χ3n) is 4.39. The minimum absolute atomic E-state index is 0.00226. The van der Waals surface area contributed by atoms with E-state index in [-0.39, 0.29) is 30.5 Å². The quantitative estimate of drug-likeness (QED) is 0.850. The van der Waals surface area contributed by atoms with Crippen molar-refractivity contribution in [3.05, 3.63) is 0 Å². The van der Waals surface area contributed by atoms with Crippen LogP contribution < -0.4 is 0 Å². The van der Waals surface area contributed by atoms with Crippen molar-refractivity contribution in [3.63, 3.8) is 0 Å². The molecule has 20 heavy (non-hydrogen) atoms. The maximum atomic E-state index is 12.5. The summed E-state index contributed by atoms with van der Waals surface area (Å²) in [7, 11) is 1.82. The van der Waals surface area contributed by atoms with Gasteiger partial charge in [-0.05, 0) is 32.1 Å². The Hall–Kier alpha value is -1.30. The molecule has 0 radical (unpaired) electrons. The van der Waals surface area contributed by atoms with Crippen molar-refractivity contribution >= 4 is 12.0 Å². The zero-order valence-electron chi connectivity index (χ0n) is 12.2. The molecule has 2 rings (SSSR count). The van der Waals surface area contributed by atoms with Crippen LogP contribution in [0.2, 0.25) is 0 Å². The lowest BCUT2D eigenvalue weighted by molar-refractivity contribution is -0.138. The SMILES string of the molecule is CC1OCCC1N(C)C(=O)N1CCCC(CC(=O)O)C1. The van der Waals surface area contributed by atoms with Crippen LogP contribution in [0.4, 0.5) is 4.79 Å². The summed E-state index contributed by atoms with van der Waals surface area (Å²) in [5.41, 5.74) is 0. The van der Waals surface area contributed by atoms with Crippen LogP contribution in [0.5, 0.6) is 0 Å². The Morgan fingerprint density at radius 1 is 1.40 bits per heavy atom. The van der Waals surface area contributed by atoms with Crippen LogP contribution in [-0.2, 0) is 9.53 Å². The van der Waals surface area contributed by atoms with Crippen LogP contribution in [-0.4, -0.2) is 65.8 Å². The third-order valence-corrected chi connectivity index (χ3v) is 4.39. The smallest absolute Gasteiger partial charge is 0.320 e. The van der Waals surface area contributed by atoms with Gasteiger partial charge in [0.1, 0.15) is 0 Å². The lowest BCUT2D eigenvalue weighted by Gasteiger charge is -2.37. The van der Waals surface area contributed by atoms with Crippen LogP contribution in [0.1, 0.15) is 32.6 Å². The van der Waals surface area contributed by atoms with Gasteiger partial charge in [-0.2, -0.15) is 0 Å². The second kappa shape index (κ2) is 6.43. The van der Waals surface area contributed by atoms with Gasteiger partial charge in [0, 0.05) is 33.2 Å². The number of likely N-dealkylation sites (tertiary alicyclic amines) is 1. The molecule has 0 saturated carbocycles. The van der Waals surface area contributed by atoms with E-state index in [2.05, 4.69) is 0 Å². The number of carboxylic acid groups (broad SMARTS) is 1. The molecular formula is C14H24N2O4. The first kappa shape index (κ1) is 15.1. The van der Waals surface area contributed by atoms with Crippen LogP contribution in [0.3, 0.4) is 0 Å². The van der Waals surface area contributed by atoms with Crippen molar-refractivity contribution in [1.29, 1.82) is 0 Å². The lowest BCUT2D eigenvalue weighted by atomic mass is 9.95. The van der Waals surface area contributed by atoms with Crippen molar-refractivity contribution < 1.29 is 19.4 Å². The highest BCUT2D eigenvalue weighted by Gasteiger charge is 2.34. The van der Waals surface area contributed by atoms with E-state index in [0.29, 0.717) is 13.2 Å². The number of urea groups is 1.